The number of benzene rings is 2. The topological polar surface area (TPSA) is 85.4 Å². The number of piperidine rings is 1. The molecule has 1 fully saturated rings. The molecule has 0 spiro atoms. The van der Waals surface area contributed by atoms with Crippen LogP contribution in [0.15, 0.2) is 47.6 Å². The molecule has 2 heterocycles. The largest absolute Gasteiger partial charge is 0.493 e. The molecular weight excluding hydrogens is 463 g/mol. The highest BCUT2D eigenvalue weighted by atomic mass is 19.1. The van der Waals surface area contributed by atoms with Gasteiger partial charge < -0.3 is 14.4 Å². The molecule has 2 aliphatic rings. The maximum absolute atomic E-state index is 13.2. The summed E-state index contributed by atoms with van der Waals surface area (Å²) in [6.45, 7) is 6.87. The number of hydrogen-bond donors (Lipinski definition) is 1. The summed E-state index contributed by atoms with van der Waals surface area (Å²) in [6, 6.07) is 12.2. The Morgan fingerprint density at radius 1 is 1.19 bits per heavy atom. The van der Waals surface area contributed by atoms with Gasteiger partial charge >= 0.3 is 5.91 Å². The van der Waals surface area contributed by atoms with E-state index in [0.717, 1.165) is 18.6 Å². The van der Waals surface area contributed by atoms with Crippen molar-refractivity contribution in [3.63, 3.8) is 0 Å². The fraction of sp³-hybridized carbons (Fsp3) is 0.370. The Bertz CT molecular complexity index is 1160. The molecule has 0 saturated carbocycles. The quantitative estimate of drug-likeness (QED) is 0.605. The van der Waals surface area contributed by atoms with E-state index in [0.29, 0.717) is 30.1 Å². The highest BCUT2D eigenvalue weighted by Crippen LogP contribution is 2.20. The summed E-state index contributed by atoms with van der Waals surface area (Å²) in [6.07, 6.45) is 3.37. The molecule has 36 heavy (non-hydrogen) atoms. The van der Waals surface area contributed by atoms with Gasteiger partial charge in [-0.05, 0) is 62.6 Å². The number of aryl methyl sites for hydroxylation is 2. The van der Waals surface area contributed by atoms with Gasteiger partial charge in [0.25, 0.3) is 0 Å². The lowest BCUT2D eigenvalue weighted by atomic mass is 10.1. The van der Waals surface area contributed by atoms with Gasteiger partial charge in [0.1, 0.15) is 49.2 Å². The van der Waals surface area contributed by atoms with Gasteiger partial charge in [-0.1, -0.05) is 17.7 Å². The average molecular weight is 497 g/mol. The third kappa shape index (κ3) is 7.13. The van der Waals surface area contributed by atoms with Gasteiger partial charge in [-0.15, -0.1) is 0 Å². The van der Waals surface area contributed by atoms with Gasteiger partial charge in [-0.2, -0.15) is 10.1 Å². The molecule has 1 saturated heterocycles. The first-order chi connectivity index (χ1) is 17.4. The maximum atomic E-state index is 13.2. The Hall–Kier alpha value is -3.75. The highest BCUT2D eigenvalue weighted by molar-refractivity contribution is 6.33. The van der Waals surface area contributed by atoms with Crippen molar-refractivity contribution in [3.05, 3.63) is 66.0 Å². The molecule has 0 aliphatic carbocycles. The number of likely N-dealkylation sites (tertiary alicyclic amines) is 1. The number of nitrogens with zero attached hydrogens (tertiary/aromatic N) is 3. The lowest BCUT2D eigenvalue weighted by molar-refractivity contribution is -0.376. The molecule has 9 heteroatoms. The van der Waals surface area contributed by atoms with E-state index in [2.05, 4.69) is 10.1 Å². The van der Waals surface area contributed by atoms with E-state index < -0.39 is 0 Å². The molecule has 2 aromatic rings. The number of amides is 2. The summed E-state index contributed by atoms with van der Waals surface area (Å²) < 4.78 is 24.8. The molecular formula is C27H33FN4O4+. The van der Waals surface area contributed by atoms with E-state index in [9.17, 15) is 14.0 Å². The normalized spacial score (nSPS) is 18.5. The number of nitrogens with one attached hydrogen (secondary N) is 1. The van der Waals surface area contributed by atoms with Crippen LogP contribution in [0.25, 0.3) is 0 Å². The molecule has 8 nitrogen and oxygen atoms in total. The maximum Gasteiger partial charge on any atom is 0.389 e. The van der Waals surface area contributed by atoms with Gasteiger partial charge in [0.15, 0.2) is 6.54 Å². The Morgan fingerprint density at radius 2 is 2.00 bits per heavy atom. The first kappa shape index (κ1) is 25.3. The molecule has 1 atom stereocenters. The van der Waals surface area contributed by atoms with Crippen LogP contribution in [0.5, 0.6) is 11.5 Å². The van der Waals surface area contributed by atoms with Crippen molar-refractivity contribution in [2.75, 3.05) is 26.2 Å². The Kier molecular flexibility index (Phi) is 8.30. The SMILES string of the molecule is Cc1ccc(O[C@H]2CCCN(C(=O)CN3[CH]C(=[NH+]C(=O)CCOc4ccc(F)cc4C)C=N3)C2)cc1.[HH]. The number of carbonyl (C=O) groups excluding carboxylic acids is 2. The van der Waals surface area contributed by atoms with Crippen molar-refractivity contribution < 1.29 is 29.9 Å². The first-order valence-electron chi connectivity index (χ1n) is 12.1. The number of rotatable bonds is 8. The van der Waals surface area contributed by atoms with Crippen LogP contribution in [-0.4, -0.2) is 66.0 Å². The van der Waals surface area contributed by atoms with Crippen molar-refractivity contribution in [3.8, 4) is 11.5 Å². The molecule has 1 N–H and O–H groups in total. The summed E-state index contributed by atoms with van der Waals surface area (Å²) in [4.78, 5) is 29.7. The molecule has 0 unspecified atom stereocenters. The zero-order chi connectivity index (χ0) is 25.5. The Balaban J connectivity index is 0.00000380. The van der Waals surface area contributed by atoms with E-state index in [1.54, 1.807) is 24.4 Å². The summed E-state index contributed by atoms with van der Waals surface area (Å²) in [5, 5.41) is 5.72. The molecule has 1 radical (unpaired) electrons. The number of hydrogen-bond acceptors (Lipinski definition) is 6. The van der Waals surface area contributed by atoms with Crippen LogP contribution in [0.1, 0.15) is 31.8 Å². The van der Waals surface area contributed by atoms with Crippen molar-refractivity contribution in [1.82, 2.24) is 9.91 Å². The van der Waals surface area contributed by atoms with E-state index in [-0.39, 0.29) is 44.7 Å². The molecule has 4 rings (SSSR count). The fourth-order valence-electron chi connectivity index (χ4n) is 4.08. The predicted molar refractivity (Wildman–Crippen MR) is 135 cm³/mol. The molecule has 2 amide bonds. The average Bonchev–Trinajstić information content (AvgIpc) is 3.28. The van der Waals surface area contributed by atoms with Crippen LogP contribution >= 0.6 is 0 Å². The monoisotopic (exact) mass is 496 g/mol. The zero-order valence-electron chi connectivity index (χ0n) is 20.6. The second-order valence-corrected chi connectivity index (χ2v) is 9.02. The van der Waals surface area contributed by atoms with E-state index in [1.807, 2.05) is 31.2 Å². The van der Waals surface area contributed by atoms with Crippen LogP contribution in [0, 0.1) is 26.2 Å². The third-order valence-electron chi connectivity index (χ3n) is 5.99. The van der Waals surface area contributed by atoms with E-state index in [4.69, 9.17) is 9.47 Å². The molecule has 191 valence electrons. The fourth-order valence-corrected chi connectivity index (χ4v) is 4.08. The van der Waals surface area contributed by atoms with E-state index >= 15 is 0 Å². The van der Waals surface area contributed by atoms with Gasteiger partial charge in [0, 0.05) is 7.97 Å². The number of halogens is 1. The van der Waals surface area contributed by atoms with Crippen LogP contribution in [0.4, 0.5) is 4.39 Å². The smallest absolute Gasteiger partial charge is 0.389 e. The Labute approximate surface area is 211 Å². The lowest BCUT2D eigenvalue weighted by Crippen LogP contribution is -2.78. The minimum atomic E-state index is -0.330. The van der Waals surface area contributed by atoms with Crippen LogP contribution in [-0.2, 0) is 9.59 Å². The van der Waals surface area contributed by atoms with Crippen LogP contribution in [0.3, 0.4) is 0 Å². The second-order valence-electron chi connectivity index (χ2n) is 9.02. The highest BCUT2D eigenvalue weighted by Gasteiger charge is 2.28. The summed E-state index contributed by atoms with van der Waals surface area (Å²) in [7, 11) is 0. The van der Waals surface area contributed by atoms with Gasteiger partial charge in [0.2, 0.25) is 11.6 Å². The van der Waals surface area contributed by atoms with Crippen molar-refractivity contribution in [2.24, 2.45) is 5.10 Å². The zero-order valence-corrected chi connectivity index (χ0v) is 20.6. The van der Waals surface area contributed by atoms with E-state index in [1.165, 1.54) is 28.9 Å². The van der Waals surface area contributed by atoms with Crippen molar-refractivity contribution in [2.45, 2.75) is 39.2 Å². The molecule has 2 aliphatic heterocycles. The number of hydrazone groups is 1. The van der Waals surface area contributed by atoms with Gasteiger partial charge in [-0.25, -0.2) is 9.18 Å². The van der Waals surface area contributed by atoms with Crippen LogP contribution < -0.4 is 14.5 Å². The molecule has 0 bridgehead atoms. The summed E-state index contributed by atoms with van der Waals surface area (Å²) in [5.41, 5.74) is 2.35. The number of carbonyl (C=O) groups is 2. The van der Waals surface area contributed by atoms with Crippen molar-refractivity contribution in [1.29, 1.82) is 0 Å². The van der Waals surface area contributed by atoms with Gasteiger partial charge in [-0.3, -0.25) is 9.80 Å². The summed E-state index contributed by atoms with van der Waals surface area (Å²) in [5.74, 6) is 0.734. The summed E-state index contributed by atoms with van der Waals surface area (Å²) >= 11 is 0. The van der Waals surface area contributed by atoms with Gasteiger partial charge in [0.05, 0.1) is 6.54 Å². The minimum absolute atomic E-state index is 0. The standard InChI is InChI=1S/C27H30FN4O4.H2/c1-19-5-8-23(9-6-19)36-24-4-3-12-31(17-24)27(34)18-32-16-22(15-29-32)30-26(33)11-13-35-25-10-7-21(28)14-20(25)2;/h5-10,14-16,24H,3-4,11-13,17-18H2,1-2H3;1H/p+1/t24-;/m0./s1. The Morgan fingerprint density at radius 3 is 2.78 bits per heavy atom. The molecule has 0 aromatic heterocycles. The van der Waals surface area contributed by atoms with Crippen molar-refractivity contribution >= 4 is 23.7 Å². The minimum Gasteiger partial charge on any atom is -0.493 e. The lowest BCUT2D eigenvalue weighted by Gasteiger charge is -2.33. The molecule has 2 aromatic carbocycles. The third-order valence-corrected chi connectivity index (χ3v) is 5.99. The first-order valence-corrected chi connectivity index (χ1v) is 12.1. The van der Waals surface area contributed by atoms with Crippen LogP contribution in [0.2, 0.25) is 0 Å². The second kappa shape index (κ2) is 11.8. The number of ether oxygens (including phenoxy) is 2. The predicted octanol–water partition coefficient (Wildman–Crippen LogP) is 2.04.